The minimum Gasteiger partial charge on any atom is -0.469 e. The quantitative estimate of drug-likeness (QED) is 0.913. The number of rotatable bonds is 5. The van der Waals surface area contributed by atoms with E-state index in [0.717, 1.165) is 28.4 Å². The molecule has 0 fully saturated rings. The predicted molar refractivity (Wildman–Crippen MR) is 75.5 cm³/mol. The third kappa shape index (κ3) is 3.23. The standard InChI is InChI=1S/C14H18N2O2S/c1-4-5-13-16-9(2)12(19-13)8-15-14(17)11-6-7-18-10(11)3/h6-7H,4-5,8H2,1-3H3,(H,15,17). The normalized spacial score (nSPS) is 10.7. The Balaban J connectivity index is 1.99. The molecule has 2 heterocycles. The molecule has 0 aliphatic carbocycles. The van der Waals surface area contributed by atoms with E-state index < -0.39 is 0 Å². The fraction of sp³-hybridized carbons (Fsp3) is 0.429. The van der Waals surface area contributed by atoms with E-state index in [4.69, 9.17) is 4.42 Å². The molecule has 1 amide bonds. The van der Waals surface area contributed by atoms with Gasteiger partial charge in [0.05, 0.1) is 29.1 Å². The van der Waals surface area contributed by atoms with Gasteiger partial charge in [0.25, 0.3) is 5.91 Å². The zero-order valence-corrected chi connectivity index (χ0v) is 12.3. The van der Waals surface area contributed by atoms with Gasteiger partial charge < -0.3 is 9.73 Å². The lowest BCUT2D eigenvalue weighted by atomic mass is 10.2. The van der Waals surface area contributed by atoms with Crippen LogP contribution in [0.4, 0.5) is 0 Å². The van der Waals surface area contributed by atoms with Crippen LogP contribution in [0.3, 0.4) is 0 Å². The van der Waals surface area contributed by atoms with Gasteiger partial charge in [0.2, 0.25) is 0 Å². The molecular formula is C14H18N2O2S. The van der Waals surface area contributed by atoms with Crippen LogP contribution in [0.5, 0.6) is 0 Å². The summed E-state index contributed by atoms with van der Waals surface area (Å²) in [6, 6.07) is 1.69. The highest BCUT2D eigenvalue weighted by atomic mass is 32.1. The van der Waals surface area contributed by atoms with Crippen LogP contribution in [0, 0.1) is 13.8 Å². The molecule has 0 atom stereocenters. The van der Waals surface area contributed by atoms with E-state index in [2.05, 4.69) is 17.2 Å². The molecule has 2 aromatic rings. The topological polar surface area (TPSA) is 55.1 Å². The molecule has 1 N–H and O–H groups in total. The number of nitrogens with one attached hydrogen (secondary N) is 1. The molecule has 0 aliphatic heterocycles. The average molecular weight is 278 g/mol. The van der Waals surface area contributed by atoms with Crippen molar-refractivity contribution in [3.63, 3.8) is 0 Å². The zero-order valence-electron chi connectivity index (χ0n) is 11.4. The minimum absolute atomic E-state index is 0.101. The summed E-state index contributed by atoms with van der Waals surface area (Å²) < 4.78 is 5.13. The van der Waals surface area contributed by atoms with Gasteiger partial charge in [-0.15, -0.1) is 11.3 Å². The summed E-state index contributed by atoms with van der Waals surface area (Å²) in [7, 11) is 0. The molecule has 0 bridgehead atoms. The summed E-state index contributed by atoms with van der Waals surface area (Å²) in [5.41, 5.74) is 1.61. The smallest absolute Gasteiger partial charge is 0.255 e. The van der Waals surface area contributed by atoms with Crippen LogP contribution < -0.4 is 5.32 Å². The third-order valence-electron chi connectivity index (χ3n) is 2.91. The summed E-state index contributed by atoms with van der Waals surface area (Å²) in [5.74, 6) is 0.543. The van der Waals surface area contributed by atoms with Crippen LogP contribution in [0.15, 0.2) is 16.7 Å². The average Bonchev–Trinajstić information content (AvgIpc) is 2.93. The SMILES string of the molecule is CCCc1nc(C)c(CNC(=O)c2ccoc2C)s1. The second kappa shape index (κ2) is 6.02. The summed E-state index contributed by atoms with van der Waals surface area (Å²) in [5, 5.41) is 4.05. The van der Waals surface area contributed by atoms with E-state index in [1.54, 1.807) is 24.3 Å². The molecule has 0 radical (unpaired) electrons. The van der Waals surface area contributed by atoms with Gasteiger partial charge in [-0.25, -0.2) is 4.98 Å². The van der Waals surface area contributed by atoms with Gasteiger partial charge in [0.1, 0.15) is 5.76 Å². The van der Waals surface area contributed by atoms with Crippen LogP contribution >= 0.6 is 11.3 Å². The monoisotopic (exact) mass is 278 g/mol. The van der Waals surface area contributed by atoms with Crippen molar-refractivity contribution in [2.75, 3.05) is 0 Å². The van der Waals surface area contributed by atoms with Crippen molar-refractivity contribution in [2.45, 2.75) is 40.2 Å². The molecule has 0 saturated carbocycles. The summed E-state index contributed by atoms with van der Waals surface area (Å²) >= 11 is 1.68. The van der Waals surface area contributed by atoms with Crippen LogP contribution in [-0.4, -0.2) is 10.9 Å². The highest BCUT2D eigenvalue weighted by Gasteiger charge is 2.13. The van der Waals surface area contributed by atoms with E-state index in [9.17, 15) is 4.79 Å². The number of thiazole rings is 1. The Hall–Kier alpha value is -1.62. The molecular weight excluding hydrogens is 260 g/mol. The molecule has 102 valence electrons. The molecule has 5 heteroatoms. The lowest BCUT2D eigenvalue weighted by molar-refractivity contribution is 0.0949. The fourth-order valence-corrected chi connectivity index (χ4v) is 2.96. The van der Waals surface area contributed by atoms with Crippen LogP contribution in [0.25, 0.3) is 0 Å². The summed E-state index contributed by atoms with van der Waals surface area (Å²) in [6.45, 7) is 6.43. The van der Waals surface area contributed by atoms with E-state index >= 15 is 0 Å². The van der Waals surface area contributed by atoms with Gasteiger partial charge in [-0.05, 0) is 32.8 Å². The molecule has 0 spiro atoms. The number of hydrogen-bond donors (Lipinski definition) is 1. The predicted octanol–water partition coefficient (Wildman–Crippen LogP) is 3.24. The maximum Gasteiger partial charge on any atom is 0.255 e. The summed E-state index contributed by atoms with van der Waals surface area (Å²) in [6.07, 6.45) is 3.62. The first-order valence-electron chi connectivity index (χ1n) is 6.39. The number of amides is 1. The number of nitrogens with zero attached hydrogens (tertiary/aromatic N) is 1. The maximum absolute atomic E-state index is 12.0. The Bertz CT molecular complexity index is 572. The van der Waals surface area contributed by atoms with E-state index in [0.29, 0.717) is 17.9 Å². The van der Waals surface area contributed by atoms with Crippen LogP contribution in [-0.2, 0) is 13.0 Å². The van der Waals surface area contributed by atoms with E-state index in [-0.39, 0.29) is 5.91 Å². The third-order valence-corrected chi connectivity index (χ3v) is 4.13. The molecule has 2 rings (SSSR count). The molecule has 2 aromatic heterocycles. The number of carbonyl (C=O) groups is 1. The van der Waals surface area contributed by atoms with Crippen molar-refractivity contribution in [1.82, 2.24) is 10.3 Å². The second-order valence-corrected chi connectivity index (χ2v) is 5.61. The fourth-order valence-electron chi connectivity index (χ4n) is 1.85. The van der Waals surface area contributed by atoms with Crippen molar-refractivity contribution in [2.24, 2.45) is 0 Å². The van der Waals surface area contributed by atoms with E-state index in [1.807, 2.05) is 6.92 Å². The Kier molecular flexibility index (Phi) is 4.37. The van der Waals surface area contributed by atoms with Crippen molar-refractivity contribution >= 4 is 17.2 Å². The van der Waals surface area contributed by atoms with Crippen molar-refractivity contribution in [3.8, 4) is 0 Å². The molecule has 0 saturated heterocycles. The van der Waals surface area contributed by atoms with Crippen molar-refractivity contribution < 1.29 is 9.21 Å². The second-order valence-electron chi connectivity index (χ2n) is 4.44. The Labute approximate surface area is 116 Å². The van der Waals surface area contributed by atoms with Gasteiger partial charge in [-0.3, -0.25) is 4.79 Å². The van der Waals surface area contributed by atoms with Crippen molar-refractivity contribution in [1.29, 1.82) is 0 Å². The van der Waals surface area contributed by atoms with Gasteiger partial charge in [-0.1, -0.05) is 6.92 Å². The number of hydrogen-bond acceptors (Lipinski definition) is 4. The zero-order chi connectivity index (χ0) is 13.8. The number of carbonyl (C=O) groups excluding carboxylic acids is 1. The van der Waals surface area contributed by atoms with Crippen LogP contribution in [0.1, 0.15) is 45.0 Å². The molecule has 0 aliphatic rings. The number of aromatic nitrogens is 1. The summed E-state index contributed by atoms with van der Waals surface area (Å²) in [4.78, 5) is 17.6. The molecule has 19 heavy (non-hydrogen) atoms. The van der Waals surface area contributed by atoms with Gasteiger partial charge in [0.15, 0.2) is 0 Å². The number of furan rings is 1. The van der Waals surface area contributed by atoms with Crippen LogP contribution in [0.2, 0.25) is 0 Å². The highest BCUT2D eigenvalue weighted by Crippen LogP contribution is 2.19. The van der Waals surface area contributed by atoms with Gasteiger partial charge in [0, 0.05) is 4.88 Å². The highest BCUT2D eigenvalue weighted by molar-refractivity contribution is 7.11. The lowest BCUT2D eigenvalue weighted by Crippen LogP contribution is -2.22. The Morgan fingerprint density at radius 3 is 2.89 bits per heavy atom. The first-order chi connectivity index (χ1) is 9.11. The minimum atomic E-state index is -0.101. The number of aryl methyl sites for hydroxylation is 3. The molecule has 0 unspecified atom stereocenters. The van der Waals surface area contributed by atoms with E-state index in [1.165, 1.54) is 6.26 Å². The molecule has 0 aromatic carbocycles. The van der Waals surface area contributed by atoms with Gasteiger partial charge >= 0.3 is 0 Å². The first kappa shape index (κ1) is 13.8. The maximum atomic E-state index is 12.0. The largest absolute Gasteiger partial charge is 0.469 e. The lowest BCUT2D eigenvalue weighted by Gasteiger charge is -2.02. The Morgan fingerprint density at radius 1 is 1.47 bits per heavy atom. The Morgan fingerprint density at radius 2 is 2.26 bits per heavy atom. The van der Waals surface area contributed by atoms with Crippen molar-refractivity contribution in [3.05, 3.63) is 39.2 Å². The molecule has 4 nitrogen and oxygen atoms in total. The van der Waals surface area contributed by atoms with Gasteiger partial charge in [-0.2, -0.15) is 0 Å². The first-order valence-corrected chi connectivity index (χ1v) is 7.21.